The maximum atomic E-state index is 12.1. The van der Waals surface area contributed by atoms with Gasteiger partial charge in [0.05, 0.1) is 6.54 Å². The van der Waals surface area contributed by atoms with E-state index in [4.69, 9.17) is 5.73 Å². The van der Waals surface area contributed by atoms with E-state index >= 15 is 0 Å². The average Bonchev–Trinajstić information content (AvgIpc) is 2.90. The third kappa shape index (κ3) is 3.18. The summed E-state index contributed by atoms with van der Waals surface area (Å²) in [5, 5.41) is 2.02. The molecule has 2 rings (SSSR count). The van der Waals surface area contributed by atoms with Gasteiger partial charge in [0, 0.05) is 23.5 Å². The lowest BCUT2D eigenvalue weighted by atomic mass is 10.2. The molecule has 0 spiro atoms. The number of carbonyl (C=O) groups is 1. The van der Waals surface area contributed by atoms with Crippen molar-refractivity contribution in [1.82, 2.24) is 0 Å². The second kappa shape index (κ2) is 6.33. The molecule has 1 heterocycles. The van der Waals surface area contributed by atoms with Crippen molar-refractivity contribution >= 4 is 22.9 Å². The van der Waals surface area contributed by atoms with E-state index in [0.29, 0.717) is 19.5 Å². The summed E-state index contributed by atoms with van der Waals surface area (Å²) in [7, 11) is 0. The van der Waals surface area contributed by atoms with Crippen LogP contribution in [0.3, 0.4) is 0 Å². The molecule has 2 aromatic rings. The number of hydrogen-bond acceptors (Lipinski definition) is 3. The quantitative estimate of drug-likeness (QED) is 0.898. The largest absolute Gasteiger partial charge is 0.330 e. The summed E-state index contributed by atoms with van der Waals surface area (Å²) in [6, 6.07) is 13.7. The van der Waals surface area contributed by atoms with Gasteiger partial charge in [-0.3, -0.25) is 4.79 Å². The first kappa shape index (κ1) is 12.8. The molecular weight excluding hydrogens is 244 g/mol. The molecule has 0 aliphatic heterocycles. The van der Waals surface area contributed by atoms with Gasteiger partial charge in [0.2, 0.25) is 5.91 Å². The molecule has 0 aliphatic rings. The highest BCUT2D eigenvalue weighted by molar-refractivity contribution is 7.09. The van der Waals surface area contributed by atoms with Gasteiger partial charge in [-0.15, -0.1) is 11.3 Å². The number of amides is 1. The van der Waals surface area contributed by atoms with Crippen molar-refractivity contribution in [3.05, 3.63) is 52.7 Å². The number of benzene rings is 1. The number of anilines is 1. The highest BCUT2D eigenvalue weighted by Gasteiger charge is 2.15. The van der Waals surface area contributed by atoms with Crippen LogP contribution in [0.5, 0.6) is 0 Å². The Hall–Kier alpha value is -1.65. The molecule has 0 aliphatic carbocycles. The number of para-hydroxylation sites is 1. The molecule has 0 bridgehead atoms. The minimum Gasteiger partial charge on any atom is -0.330 e. The van der Waals surface area contributed by atoms with Gasteiger partial charge in [-0.1, -0.05) is 24.3 Å². The summed E-state index contributed by atoms with van der Waals surface area (Å²) in [6.07, 6.45) is 0.375. The number of nitrogens with zero attached hydrogens (tertiary/aromatic N) is 1. The zero-order chi connectivity index (χ0) is 12.8. The Bertz CT molecular complexity index is 482. The first-order chi connectivity index (χ1) is 8.81. The minimum absolute atomic E-state index is 0.0668. The summed E-state index contributed by atoms with van der Waals surface area (Å²) < 4.78 is 0. The van der Waals surface area contributed by atoms with Crippen LogP contribution in [0.4, 0.5) is 5.69 Å². The van der Waals surface area contributed by atoms with Crippen LogP contribution in [0.1, 0.15) is 11.3 Å². The smallest absolute Gasteiger partial charge is 0.228 e. The predicted octanol–water partition coefficient (Wildman–Crippen LogP) is 2.63. The zero-order valence-electron chi connectivity index (χ0n) is 10.1. The van der Waals surface area contributed by atoms with Gasteiger partial charge in [-0.05, 0) is 23.6 Å². The van der Waals surface area contributed by atoms with Crippen LogP contribution in [0, 0.1) is 0 Å². The highest BCUT2D eigenvalue weighted by Crippen LogP contribution is 2.20. The van der Waals surface area contributed by atoms with Crippen molar-refractivity contribution in [3.8, 4) is 0 Å². The second-order valence-corrected chi connectivity index (χ2v) is 4.97. The van der Waals surface area contributed by atoms with Crippen molar-refractivity contribution in [2.24, 2.45) is 5.73 Å². The van der Waals surface area contributed by atoms with Gasteiger partial charge in [-0.2, -0.15) is 0 Å². The first-order valence-electron chi connectivity index (χ1n) is 5.89. The van der Waals surface area contributed by atoms with Crippen LogP contribution in [0.15, 0.2) is 47.8 Å². The third-order valence-corrected chi connectivity index (χ3v) is 3.48. The standard InChI is InChI=1S/C14H16N2OS/c15-9-8-14(17)16(11-13-7-4-10-18-13)12-5-2-1-3-6-12/h1-7,10H,8-9,11,15H2. The first-order valence-corrected chi connectivity index (χ1v) is 6.77. The molecule has 94 valence electrons. The van der Waals surface area contributed by atoms with E-state index < -0.39 is 0 Å². The lowest BCUT2D eigenvalue weighted by Gasteiger charge is -2.22. The molecular formula is C14H16N2OS. The molecule has 1 aromatic carbocycles. The van der Waals surface area contributed by atoms with Gasteiger partial charge >= 0.3 is 0 Å². The summed E-state index contributed by atoms with van der Waals surface area (Å²) in [5.74, 6) is 0.0668. The average molecular weight is 260 g/mol. The fourth-order valence-corrected chi connectivity index (χ4v) is 2.44. The van der Waals surface area contributed by atoms with E-state index in [2.05, 4.69) is 0 Å². The fraction of sp³-hybridized carbons (Fsp3) is 0.214. The van der Waals surface area contributed by atoms with E-state index in [1.807, 2.05) is 47.8 Å². The minimum atomic E-state index is 0.0668. The van der Waals surface area contributed by atoms with Gasteiger partial charge in [0.1, 0.15) is 0 Å². The van der Waals surface area contributed by atoms with Gasteiger partial charge in [-0.25, -0.2) is 0 Å². The SMILES string of the molecule is NCCC(=O)N(Cc1cccs1)c1ccccc1. The lowest BCUT2D eigenvalue weighted by Crippen LogP contribution is -2.31. The molecule has 0 radical (unpaired) electrons. The lowest BCUT2D eigenvalue weighted by molar-refractivity contribution is -0.118. The molecule has 0 saturated heterocycles. The molecule has 0 fully saturated rings. The summed E-state index contributed by atoms with van der Waals surface area (Å²) in [6.45, 7) is 0.993. The fourth-order valence-electron chi connectivity index (χ4n) is 1.75. The van der Waals surface area contributed by atoms with Gasteiger partial charge in [0.15, 0.2) is 0 Å². The van der Waals surface area contributed by atoms with Crippen LogP contribution in [-0.2, 0) is 11.3 Å². The van der Waals surface area contributed by atoms with Gasteiger partial charge in [0.25, 0.3) is 0 Å². The Morgan fingerprint density at radius 3 is 2.56 bits per heavy atom. The van der Waals surface area contributed by atoms with Crippen LogP contribution in [-0.4, -0.2) is 12.5 Å². The zero-order valence-corrected chi connectivity index (χ0v) is 10.9. The van der Waals surface area contributed by atoms with E-state index in [0.717, 1.165) is 5.69 Å². The maximum absolute atomic E-state index is 12.1. The summed E-state index contributed by atoms with van der Waals surface area (Å²) in [5.41, 5.74) is 6.39. The molecule has 0 unspecified atom stereocenters. The Morgan fingerprint density at radius 1 is 1.17 bits per heavy atom. The van der Waals surface area contributed by atoms with Gasteiger partial charge < -0.3 is 10.6 Å². The number of hydrogen-bond donors (Lipinski definition) is 1. The molecule has 1 amide bonds. The van der Waals surface area contributed by atoms with Crippen LogP contribution >= 0.6 is 11.3 Å². The second-order valence-electron chi connectivity index (χ2n) is 3.93. The number of rotatable bonds is 5. The Kier molecular flexibility index (Phi) is 4.50. The monoisotopic (exact) mass is 260 g/mol. The third-order valence-electron chi connectivity index (χ3n) is 2.62. The van der Waals surface area contributed by atoms with Crippen LogP contribution in [0.2, 0.25) is 0 Å². The molecule has 0 saturated carbocycles. The highest BCUT2D eigenvalue weighted by atomic mass is 32.1. The van der Waals surface area contributed by atoms with Crippen molar-refractivity contribution in [2.45, 2.75) is 13.0 Å². The van der Waals surface area contributed by atoms with Crippen molar-refractivity contribution in [2.75, 3.05) is 11.4 Å². The Balaban J connectivity index is 2.20. The molecule has 2 N–H and O–H groups in total. The summed E-state index contributed by atoms with van der Waals surface area (Å²) in [4.78, 5) is 15.1. The van der Waals surface area contributed by atoms with Crippen molar-refractivity contribution in [3.63, 3.8) is 0 Å². The maximum Gasteiger partial charge on any atom is 0.228 e. The van der Waals surface area contributed by atoms with Crippen molar-refractivity contribution < 1.29 is 4.79 Å². The normalized spacial score (nSPS) is 10.3. The molecule has 1 aromatic heterocycles. The van der Waals surface area contributed by atoms with E-state index in [1.165, 1.54) is 4.88 Å². The van der Waals surface area contributed by atoms with Crippen LogP contribution < -0.4 is 10.6 Å². The molecule has 0 atom stereocenters. The molecule has 4 heteroatoms. The number of carbonyl (C=O) groups excluding carboxylic acids is 1. The topological polar surface area (TPSA) is 46.3 Å². The Morgan fingerprint density at radius 2 is 1.94 bits per heavy atom. The number of thiophene rings is 1. The summed E-state index contributed by atoms with van der Waals surface area (Å²) >= 11 is 1.66. The predicted molar refractivity (Wildman–Crippen MR) is 75.6 cm³/mol. The Labute approximate surface area is 111 Å². The van der Waals surface area contributed by atoms with E-state index in [-0.39, 0.29) is 5.91 Å². The number of nitrogens with two attached hydrogens (primary N) is 1. The van der Waals surface area contributed by atoms with Crippen LogP contribution in [0.25, 0.3) is 0 Å². The van der Waals surface area contributed by atoms with Crippen molar-refractivity contribution in [1.29, 1.82) is 0 Å². The molecule has 3 nitrogen and oxygen atoms in total. The van der Waals surface area contributed by atoms with E-state index in [1.54, 1.807) is 16.2 Å². The van der Waals surface area contributed by atoms with E-state index in [9.17, 15) is 4.79 Å². The molecule has 18 heavy (non-hydrogen) atoms.